The number of ether oxygens (including phenoxy) is 1. The van der Waals surface area contributed by atoms with Crippen molar-refractivity contribution in [3.05, 3.63) is 29.8 Å². The number of carbonyl (C=O) groups is 1. The molecule has 1 aromatic rings. The monoisotopic (exact) mass is 204 g/mol. The highest BCUT2D eigenvalue weighted by atomic mass is 16.5. The lowest BCUT2D eigenvalue weighted by molar-refractivity contribution is -0.131. The van der Waals surface area contributed by atoms with Crippen LogP contribution >= 0.6 is 0 Å². The van der Waals surface area contributed by atoms with E-state index < -0.39 is 0 Å². The van der Waals surface area contributed by atoms with Crippen LogP contribution in [0.2, 0.25) is 0 Å². The van der Waals surface area contributed by atoms with Gasteiger partial charge in [-0.3, -0.25) is 4.79 Å². The first-order chi connectivity index (χ1) is 7.13. The fourth-order valence-corrected chi connectivity index (χ4v) is 1.17. The zero-order valence-corrected chi connectivity index (χ0v) is 8.43. The van der Waals surface area contributed by atoms with Gasteiger partial charge in [0, 0.05) is 13.0 Å². The summed E-state index contributed by atoms with van der Waals surface area (Å²) in [6, 6.07) is 8.53. The second kappa shape index (κ2) is 5.13. The molecule has 0 heterocycles. The summed E-state index contributed by atoms with van der Waals surface area (Å²) in [6.45, 7) is 1.34. The van der Waals surface area contributed by atoms with Crippen molar-refractivity contribution in [3.8, 4) is 11.8 Å². The first-order valence-electron chi connectivity index (χ1n) is 4.54. The minimum absolute atomic E-state index is 0.271. The van der Waals surface area contributed by atoms with Crippen LogP contribution in [0.1, 0.15) is 24.9 Å². The Hall–Kier alpha value is -1.86. The number of hydrogen-bond acceptors (Lipinski definition) is 4. The Labute approximate surface area is 88.3 Å². The number of esters is 1. The molecular formula is C11H12N2O2. The number of rotatable bonds is 3. The molecule has 0 amide bonds. The highest BCUT2D eigenvalue weighted by molar-refractivity contribution is 5.69. The summed E-state index contributed by atoms with van der Waals surface area (Å²) >= 11 is 0. The van der Waals surface area contributed by atoms with Gasteiger partial charge in [-0.1, -0.05) is 12.1 Å². The molecule has 0 aliphatic carbocycles. The molecule has 0 aliphatic heterocycles. The number of nitrogens with two attached hydrogens (primary N) is 1. The minimum atomic E-state index is -0.357. The summed E-state index contributed by atoms with van der Waals surface area (Å²) in [5.74, 6) is 0.125. The number of nitriles is 1. The van der Waals surface area contributed by atoms with Gasteiger partial charge in [0.05, 0.1) is 12.5 Å². The van der Waals surface area contributed by atoms with Crippen molar-refractivity contribution in [2.45, 2.75) is 19.4 Å². The average molecular weight is 204 g/mol. The van der Waals surface area contributed by atoms with Gasteiger partial charge in [0.1, 0.15) is 5.75 Å². The topological polar surface area (TPSA) is 76.1 Å². The van der Waals surface area contributed by atoms with Gasteiger partial charge in [-0.05, 0) is 17.7 Å². The Balaban J connectivity index is 2.72. The Kier molecular flexibility index (Phi) is 3.83. The Morgan fingerprint density at radius 2 is 2.13 bits per heavy atom. The maximum atomic E-state index is 10.6. The molecule has 1 atom stereocenters. The van der Waals surface area contributed by atoms with Crippen LogP contribution in [0, 0.1) is 11.3 Å². The molecule has 2 N–H and O–H groups in total. The van der Waals surface area contributed by atoms with Crippen molar-refractivity contribution in [1.82, 2.24) is 0 Å². The molecule has 0 saturated heterocycles. The predicted molar refractivity (Wildman–Crippen MR) is 54.9 cm³/mol. The van der Waals surface area contributed by atoms with E-state index in [1.165, 1.54) is 6.92 Å². The van der Waals surface area contributed by atoms with E-state index in [1.807, 2.05) is 6.07 Å². The fourth-order valence-electron chi connectivity index (χ4n) is 1.17. The van der Waals surface area contributed by atoms with Gasteiger partial charge in [0.2, 0.25) is 0 Å². The molecule has 0 aliphatic rings. The summed E-state index contributed by atoms with van der Waals surface area (Å²) < 4.78 is 4.86. The molecule has 4 heteroatoms. The molecule has 0 spiro atoms. The van der Waals surface area contributed by atoms with Gasteiger partial charge in [0.15, 0.2) is 0 Å². The standard InChI is InChI=1S/C11H12N2O2/c1-8(14)15-10-4-2-9(3-5-10)11(13)6-7-12/h2-5,11H,6,13H2,1H3/t11-/m0/s1. The molecule has 1 aromatic carbocycles. The van der Waals surface area contributed by atoms with E-state index in [1.54, 1.807) is 24.3 Å². The van der Waals surface area contributed by atoms with E-state index in [4.69, 9.17) is 15.7 Å². The predicted octanol–water partition coefficient (Wildman–Crippen LogP) is 1.53. The molecule has 4 nitrogen and oxygen atoms in total. The molecule has 0 unspecified atom stereocenters. The SMILES string of the molecule is CC(=O)Oc1ccc([C@@H](N)CC#N)cc1. The van der Waals surface area contributed by atoms with Crippen LogP contribution in [0.15, 0.2) is 24.3 Å². The highest BCUT2D eigenvalue weighted by Gasteiger charge is 2.05. The molecule has 0 radical (unpaired) electrons. The molecule has 0 saturated carbocycles. The lowest BCUT2D eigenvalue weighted by Gasteiger charge is -2.08. The van der Waals surface area contributed by atoms with Crippen LogP contribution < -0.4 is 10.5 Å². The third kappa shape index (κ3) is 3.41. The summed E-state index contributed by atoms with van der Waals surface area (Å²) in [4.78, 5) is 10.6. The lowest BCUT2D eigenvalue weighted by atomic mass is 10.1. The molecule has 1 rings (SSSR count). The number of hydrogen-bond donors (Lipinski definition) is 1. The van der Waals surface area contributed by atoms with Gasteiger partial charge < -0.3 is 10.5 Å². The molecule has 0 aromatic heterocycles. The number of nitrogens with zero attached hydrogens (tertiary/aromatic N) is 1. The van der Waals surface area contributed by atoms with Crippen molar-refractivity contribution >= 4 is 5.97 Å². The zero-order valence-electron chi connectivity index (χ0n) is 8.43. The van der Waals surface area contributed by atoms with Crippen LogP contribution in [-0.4, -0.2) is 5.97 Å². The van der Waals surface area contributed by atoms with Gasteiger partial charge in [-0.2, -0.15) is 5.26 Å². The van der Waals surface area contributed by atoms with Crippen molar-refractivity contribution in [3.63, 3.8) is 0 Å². The van der Waals surface area contributed by atoms with Gasteiger partial charge in [0.25, 0.3) is 0 Å². The highest BCUT2D eigenvalue weighted by Crippen LogP contribution is 2.18. The van der Waals surface area contributed by atoms with Crippen molar-refractivity contribution in [2.24, 2.45) is 5.73 Å². The van der Waals surface area contributed by atoms with E-state index in [0.717, 1.165) is 5.56 Å². The van der Waals surface area contributed by atoms with E-state index in [9.17, 15) is 4.79 Å². The fraction of sp³-hybridized carbons (Fsp3) is 0.273. The quantitative estimate of drug-likeness (QED) is 0.598. The second-order valence-corrected chi connectivity index (χ2v) is 3.13. The number of benzene rings is 1. The van der Waals surface area contributed by atoms with E-state index in [2.05, 4.69) is 0 Å². The Morgan fingerprint density at radius 3 is 2.60 bits per heavy atom. The summed E-state index contributed by atoms with van der Waals surface area (Å²) in [5.41, 5.74) is 6.58. The lowest BCUT2D eigenvalue weighted by Crippen LogP contribution is -2.09. The molecule has 15 heavy (non-hydrogen) atoms. The van der Waals surface area contributed by atoms with E-state index >= 15 is 0 Å². The van der Waals surface area contributed by atoms with Crippen molar-refractivity contribution < 1.29 is 9.53 Å². The van der Waals surface area contributed by atoms with Crippen LogP contribution in [-0.2, 0) is 4.79 Å². The molecule has 0 fully saturated rings. The van der Waals surface area contributed by atoms with E-state index in [0.29, 0.717) is 5.75 Å². The molecule has 0 bridgehead atoms. The minimum Gasteiger partial charge on any atom is -0.427 e. The van der Waals surface area contributed by atoms with Crippen LogP contribution in [0.5, 0.6) is 5.75 Å². The Morgan fingerprint density at radius 1 is 1.53 bits per heavy atom. The first-order valence-corrected chi connectivity index (χ1v) is 4.54. The smallest absolute Gasteiger partial charge is 0.308 e. The summed E-state index contributed by atoms with van der Waals surface area (Å²) in [5, 5.41) is 8.47. The van der Waals surface area contributed by atoms with Crippen molar-refractivity contribution in [1.29, 1.82) is 5.26 Å². The van der Waals surface area contributed by atoms with Crippen LogP contribution in [0.4, 0.5) is 0 Å². The maximum Gasteiger partial charge on any atom is 0.308 e. The van der Waals surface area contributed by atoms with Crippen LogP contribution in [0.25, 0.3) is 0 Å². The van der Waals surface area contributed by atoms with Gasteiger partial charge in [-0.25, -0.2) is 0 Å². The Bertz CT molecular complexity index is 379. The maximum absolute atomic E-state index is 10.6. The second-order valence-electron chi connectivity index (χ2n) is 3.13. The third-order valence-corrected chi connectivity index (χ3v) is 1.88. The normalized spacial score (nSPS) is 11.5. The first kappa shape index (κ1) is 11.2. The van der Waals surface area contributed by atoms with Gasteiger partial charge in [-0.15, -0.1) is 0 Å². The summed E-state index contributed by atoms with van der Waals surface area (Å²) in [7, 11) is 0. The third-order valence-electron chi connectivity index (χ3n) is 1.88. The number of carbonyl (C=O) groups excluding carboxylic acids is 1. The summed E-state index contributed by atoms with van der Waals surface area (Å²) in [6.07, 6.45) is 0.271. The van der Waals surface area contributed by atoms with E-state index in [-0.39, 0.29) is 18.4 Å². The molecule has 78 valence electrons. The van der Waals surface area contributed by atoms with Gasteiger partial charge >= 0.3 is 5.97 Å². The molecular weight excluding hydrogens is 192 g/mol. The average Bonchev–Trinajstić information content (AvgIpc) is 2.18. The zero-order chi connectivity index (χ0) is 11.3. The largest absolute Gasteiger partial charge is 0.427 e. The van der Waals surface area contributed by atoms with Crippen molar-refractivity contribution in [2.75, 3.05) is 0 Å². The van der Waals surface area contributed by atoms with Crippen LogP contribution in [0.3, 0.4) is 0 Å².